The van der Waals surface area contributed by atoms with Gasteiger partial charge in [0.1, 0.15) is 5.78 Å². The van der Waals surface area contributed by atoms with Crippen molar-refractivity contribution in [2.45, 2.75) is 6.92 Å². The average molecular weight is 187 g/mol. The van der Waals surface area contributed by atoms with E-state index in [4.69, 9.17) is 9.84 Å². The van der Waals surface area contributed by atoms with Gasteiger partial charge in [0.05, 0.1) is 25.2 Å². The monoisotopic (exact) mass is 187 g/mol. The summed E-state index contributed by atoms with van der Waals surface area (Å²) in [6, 6.07) is 0. The highest BCUT2D eigenvalue weighted by Crippen LogP contribution is 2.30. The molecule has 1 aliphatic heterocycles. The van der Waals surface area contributed by atoms with Gasteiger partial charge in [-0.1, -0.05) is 6.92 Å². The van der Waals surface area contributed by atoms with Gasteiger partial charge in [-0.25, -0.2) is 0 Å². The summed E-state index contributed by atoms with van der Waals surface area (Å²) in [5.74, 6) is -0.173. The first-order chi connectivity index (χ1) is 6.16. The molecule has 1 atom stereocenters. The molecule has 1 rings (SSSR count). The van der Waals surface area contributed by atoms with Crippen molar-refractivity contribution in [3.63, 3.8) is 0 Å². The zero-order chi connectivity index (χ0) is 9.90. The first kappa shape index (κ1) is 10.6. The molecule has 1 unspecified atom stereocenters. The van der Waals surface area contributed by atoms with Gasteiger partial charge in [0, 0.05) is 12.5 Å². The van der Waals surface area contributed by atoms with E-state index in [0.717, 1.165) is 0 Å². The predicted octanol–water partition coefficient (Wildman–Crippen LogP) is -0.580. The van der Waals surface area contributed by atoms with Gasteiger partial charge >= 0.3 is 0 Å². The second-order valence-electron chi connectivity index (χ2n) is 3.75. The van der Waals surface area contributed by atoms with Crippen LogP contribution in [0.4, 0.5) is 0 Å². The maximum Gasteiger partial charge on any atom is 0.150 e. The van der Waals surface area contributed by atoms with E-state index in [1.807, 2.05) is 7.05 Å². The number of carbonyl (C=O) groups is 1. The van der Waals surface area contributed by atoms with Crippen LogP contribution in [0.1, 0.15) is 6.92 Å². The Hall–Kier alpha value is -0.450. The number of ketones is 1. The SMILES string of the molecule is CNCC1(C(=O)C(C)CO)COC1. The molecule has 0 saturated carbocycles. The Morgan fingerprint density at radius 3 is 2.62 bits per heavy atom. The zero-order valence-electron chi connectivity index (χ0n) is 8.17. The van der Waals surface area contributed by atoms with Crippen molar-refractivity contribution in [2.75, 3.05) is 33.4 Å². The minimum Gasteiger partial charge on any atom is -0.396 e. The molecule has 0 aromatic heterocycles. The molecule has 4 heteroatoms. The lowest BCUT2D eigenvalue weighted by Crippen LogP contribution is -2.56. The molecular formula is C9H17NO3. The summed E-state index contributed by atoms with van der Waals surface area (Å²) >= 11 is 0. The molecule has 4 nitrogen and oxygen atoms in total. The largest absolute Gasteiger partial charge is 0.396 e. The van der Waals surface area contributed by atoms with Crippen LogP contribution in [-0.4, -0.2) is 44.3 Å². The van der Waals surface area contributed by atoms with Crippen molar-refractivity contribution in [1.29, 1.82) is 0 Å². The van der Waals surface area contributed by atoms with Gasteiger partial charge in [-0.3, -0.25) is 4.79 Å². The van der Waals surface area contributed by atoms with E-state index >= 15 is 0 Å². The van der Waals surface area contributed by atoms with Crippen LogP contribution >= 0.6 is 0 Å². The number of carbonyl (C=O) groups excluding carboxylic acids is 1. The van der Waals surface area contributed by atoms with Crippen LogP contribution in [0.25, 0.3) is 0 Å². The van der Waals surface area contributed by atoms with Crippen LogP contribution in [0.15, 0.2) is 0 Å². The van der Waals surface area contributed by atoms with Crippen LogP contribution in [-0.2, 0) is 9.53 Å². The number of aliphatic hydroxyl groups is 1. The van der Waals surface area contributed by atoms with E-state index < -0.39 is 0 Å². The summed E-state index contributed by atoms with van der Waals surface area (Å²) in [7, 11) is 1.82. The molecule has 0 bridgehead atoms. The molecule has 2 N–H and O–H groups in total. The number of aliphatic hydroxyl groups excluding tert-OH is 1. The fraction of sp³-hybridized carbons (Fsp3) is 0.889. The smallest absolute Gasteiger partial charge is 0.150 e. The highest BCUT2D eigenvalue weighted by molar-refractivity contribution is 5.88. The molecule has 1 saturated heterocycles. The molecule has 1 aliphatic rings. The van der Waals surface area contributed by atoms with Crippen molar-refractivity contribution < 1.29 is 14.6 Å². The quantitative estimate of drug-likeness (QED) is 0.604. The summed E-state index contributed by atoms with van der Waals surface area (Å²) in [5, 5.41) is 11.9. The Morgan fingerprint density at radius 1 is 1.69 bits per heavy atom. The lowest BCUT2D eigenvalue weighted by Gasteiger charge is -2.41. The molecule has 1 fully saturated rings. The molecule has 76 valence electrons. The van der Waals surface area contributed by atoms with Crippen molar-refractivity contribution in [3.05, 3.63) is 0 Å². The lowest BCUT2D eigenvalue weighted by molar-refractivity contribution is -0.162. The lowest BCUT2D eigenvalue weighted by atomic mass is 9.76. The van der Waals surface area contributed by atoms with Crippen molar-refractivity contribution in [2.24, 2.45) is 11.3 Å². The van der Waals surface area contributed by atoms with Crippen LogP contribution < -0.4 is 5.32 Å². The van der Waals surface area contributed by atoms with Gasteiger partial charge in [0.15, 0.2) is 0 Å². The molecule has 0 radical (unpaired) electrons. The van der Waals surface area contributed by atoms with Crippen LogP contribution in [0, 0.1) is 11.3 Å². The zero-order valence-corrected chi connectivity index (χ0v) is 8.17. The maximum absolute atomic E-state index is 11.8. The Bertz CT molecular complexity index is 189. The van der Waals surface area contributed by atoms with Gasteiger partial charge in [0.2, 0.25) is 0 Å². The Labute approximate surface area is 78.3 Å². The minimum absolute atomic E-state index is 0.0791. The van der Waals surface area contributed by atoms with Gasteiger partial charge < -0.3 is 15.2 Å². The van der Waals surface area contributed by atoms with E-state index in [2.05, 4.69) is 5.32 Å². The average Bonchev–Trinajstić information content (AvgIpc) is 2.09. The van der Waals surface area contributed by atoms with Crippen LogP contribution in [0.2, 0.25) is 0 Å². The van der Waals surface area contributed by atoms with E-state index in [9.17, 15) is 4.79 Å². The second kappa shape index (κ2) is 4.17. The van der Waals surface area contributed by atoms with E-state index in [1.165, 1.54) is 0 Å². The number of hydrogen-bond donors (Lipinski definition) is 2. The van der Waals surface area contributed by atoms with Crippen molar-refractivity contribution in [3.8, 4) is 0 Å². The predicted molar refractivity (Wildman–Crippen MR) is 48.4 cm³/mol. The summed E-state index contributed by atoms with van der Waals surface area (Å²) in [6.07, 6.45) is 0. The summed E-state index contributed by atoms with van der Waals surface area (Å²) in [5.41, 5.74) is -0.378. The molecule has 0 amide bonds. The number of nitrogens with one attached hydrogen (secondary N) is 1. The molecule has 1 heterocycles. The van der Waals surface area contributed by atoms with Crippen LogP contribution in [0.3, 0.4) is 0 Å². The van der Waals surface area contributed by atoms with Gasteiger partial charge in [-0.05, 0) is 7.05 Å². The third-order valence-corrected chi connectivity index (χ3v) is 2.52. The molecule has 0 aromatic carbocycles. The summed E-state index contributed by atoms with van der Waals surface area (Å²) in [4.78, 5) is 11.8. The Kier molecular flexibility index (Phi) is 3.41. The number of Topliss-reactive ketones (excluding diaryl/α,β-unsaturated/α-hetero) is 1. The number of ether oxygens (including phenoxy) is 1. The first-order valence-corrected chi connectivity index (χ1v) is 4.54. The summed E-state index contributed by atoms with van der Waals surface area (Å²) < 4.78 is 5.06. The molecule has 0 spiro atoms. The standard InChI is InChI=1S/C9H17NO3/c1-7(3-11)8(12)9(4-10-2)5-13-6-9/h7,10-11H,3-6H2,1-2H3. The fourth-order valence-electron chi connectivity index (χ4n) is 1.62. The third-order valence-electron chi connectivity index (χ3n) is 2.52. The second-order valence-corrected chi connectivity index (χ2v) is 3.75. The van der Waals surface area contributed by atoms with Crippen molar-refractivity contribution >= 4 is 5.78 Å². The van der Waals surface area contributed by atoms with Crippen molar-refractivity contribution in [1.82, 2.24) is 5.32 Å². The topological polar surface area (TPSA) is 58.6 Å². The Balaban J connectivity index is 2.60. The van der Waals surface area contributed by atoms with E-state index in [-0.39, 0.29) is 23.7 Å². The van der Waals surface area contributed by atoms with Gasteiger partial charge in [-0.2, -0.15) is 0 Å². The Morgan fingerprint density at radius 2 is 2.31 bits per heavy atom. The molecule has 0 aliphatic carbocycles. The highest BCUT2D eigenvalue weighted by Gasteiger charge is 2.46. The van der Waals surface area contributed by atoms with E-state index in [1.54, 1.807) is 6.92 Å². The first-order valence-electron chi connectivity index (χ1n) is 4.54. The number of hydrogen-bond acceptors (Lipinski definition) is 4. The molecular weight excluding hydrogens is 170 g/mol. The molecule has 0 aromatic rings. The normalized spacial score (nSPS) is 22.1. The van der Waals surface area contributed by atoms with Crippen LogP contribution in [0.5, 0.6) is 0 Å². The maximum atomic E-state index is 11.8. The minimum atomic E-state index is -0.378. The fourth-order valence-corrected chi connectivity index (χ4v) is 1.62. The third kappa shape index (κ3) is 1.90. The van der Waals surface area contributed by atoms with Gasteiger partial charge in [-0.15, -0.1) is 0 Å². The van der Waals surface area contributed by atoms with Gasteiger partial charge in [0.25, 0.3) is 0 Å². The number of rotatable bonds is 5. The summed E-state index contributed by atoms with van der Waals surface area (Å²) in [6.45, 7) is 3.27. The molecule has 13 heavy (non-hydrogen) atoms. The highest BCUT2D eigenvalue weighted by atomic mass is 16.5. The van der Waals surface area contributed by atoms with E-state index in [0.29, 0.717) is 19.8 Å².